The highest BCUT2D eigenvalue weighted by atomic mass is 32.2. The molecule has 0 atom stereocenters. The van der Waals surface area contributed by atoms with Crippen molar-refractivity contribution in [2.24, 2.45) is 5.73 Å². The van der Waals surface area contributed by atoms with Gasteiger partial charge < -0.3 is 25.0 Å². The third kappa shape index (κ3) is 4.78. The molecule has 0 radical (unpaired) electrons. The van der Waals surface area contributed by atoms with Gasteiger partial charge in [-0.25, -0.2) is 17.8 Å². The first-order chi connectivity index (χ1) is 20.9. The van der Waals surface area contributed by atoms with E-state index in [4.69, 9.17) is 25.0 Å². The number of hydrogen-bond donors (Lipinski definition) is 2. The van der Waals surface area contributed by atoms with E-state index < -0.39 is 21.7 Å². The first-order valence-corrected chi connectivity index (χ1v) is 15.2. The molecular weight excluding hydrogens is 587 g/mol. The Labute approximate surface area is 251 Å². The molecule has 0 saturated heterocycles. The Morgan fingerprint density at radius 1 is 0.977 bits per heavy atom. The first kappa shape index (κ1) is 28.7. The lowest BCUT2D eigenvalue weighted by atomic mass is 9.92. The molecule has 2 heterocycles. The molecule has 0 aliphatic carbocycles. The molecular formula is C32H27FN4O6S. The smallest absolute Gasteiger partial charge is 0.253 e. The third-order valence-electron chi connectivity index (χ3n) is 7.53. The molecule has 0 unspecified atom stereocenters. The molecule has 0 aliphatic rings. The lowest BCUT2D eigenvalue weighted by Crippen LogP contribution is -2.25. The maximum Gasteiger partial charge on any atom is 0.253 e. The Kier molecular flexibility index (Phi) is 6.81. The van der Waals surface area contributed by atoms with Crippen molar-refractivity contribution < 1.29 is 31.2 Å². The molecule has 224 valence electrons. The van der Waals surface area contributed by atoms with Gasteiger partial charge in [0.15, 0.2) is 5.58 Å². The Balaban J connectivity index is 1.66. The SMILES string of the molecule is COc1ccc(-c2c(N(C)S(C)(=O)=O)cc3oc(-c4ccc(F)cc4)c(C(N)=O)c3c2C)cc1-c1nc2ccc(N)cc2o1. The van der Waals surface area contributed by atoms with Gasteiger partial charge >= 0.3 is 0 Å². The standard InChI is InChI=1S/C32H27FN4O6S/c1-16-27(18-7-12-24(41-3)21(13-18)32-36-22-11-10-20(34)14-25(22)43-32)23(37(2)44(4,39)40)15-26-28(16)29(31(35)38)30(42-26)17-5-8-19(33)9-6-17/h5-15H,34H2,1-4H3,(H2,35,38). The second-order valence-corrected chi connectivity index (χ2v) is 12.4. The highest BCUT2D eigenvalue weighted by Gasteiger charge is 2.28. The number of aromatic nitrogens is 1. The summed E-state index contributed by atoms with van der Waals surface area (Å²) in [4.78, 5) is 17.5. The molecule has 6 rings (SSSR count). The molecule has 4 N–H and O–H groups in total. The number of primary amides is 1. The van der Waals surface area contributed by atoms with E-state index >= 15 is 0 Å². The van der Waals surface area contributed by atoms with Crippen molar-refractivity contribution in [1.29, 1.82) is 0 Å². The van der Waals surface area contributed by atoms with E-state index in [0.29, 0.717) is 55.7 Å². The van der Waals surface area contributed by atoms with Crippen LogP contribution in [0.2, 0.25) is 0 Å². The molecule has 4 aromatic carbocycles. The zero-order valence-corrected chi connectivity index (χ0v) is 25.0. The Hall–Kier alpha value is -5.36. The summed E-state index contributed by atoms with van der Waals surface area (Å²) in [5.74, 6) is -0.353. The van der Waals surface area contributed by atoms with Crippen LogP contribution in [-0.2, 0) is 10.0 Å². The average molecular weight is 615 g/mol. The molecule has 0 bridgehead atoms. The zero-order valence-electron chi connectivity index (χ0n) is 24.1. The predicted octanol–water partition coefficient (Wildman–Crippen LogP) is 6.11. The van der Waals surface area contributed by atoms with Crippen molar-refractivity contribution in [3.05, 3.63) is 83.7 Å². The summed E-state index contributed by atoms with van der Waals surface area (Å²) in [5.41, 5.74) is 16.5. The quantitative estimate of drug-likeness (QED) is 0.204. The second-order valence-electron chi connectivity index (χ2n) is 10.3. The fraction of sp³-hybridized carbons (Fsp3) is 0.125. The van der Waals surface area contributed by atoms with E-state index in [1.165, 1.54) is 38.4 Å². The van der Waals surface area contributed by atoms with Gasteiger partial charge in [-0.3, -0.25) is 9.10 Å². The summed E-state index contributed by atoms with van der Waals surface area (Å²) in [6.07, 6.45) is 1.08. The number of methoxy groups -OCH3 is 1. The van der Waals surface area contributed by atoms with Crippen LogP contribution < -0.4 is 20.5 Å². The maximum atomic E-state index is 13.7. The minimum Gasteiger partial charge on any atom is -0.496 e. The number of aryl methyl sites for hydroxylation is 1. The maximum absolute atomic E-state index is 13.7. The Bertz CT molecular complexity index is 2220. The van der Waals surface area contributed by atoms with Crippen molar-refractivity contribution in [1.82, 2.24) is 4.98 Å². The molecule has 6 aromatic rings. The van der Waals surface area contributed by atoms with Crippen molar-refractivity contribution in [2.75, 3.05) is 30.5 Å². The number of ether oxygens (including phenoxy) is 1. The average Bonchev–Trinajstić information content (AvgIpc) is 3.58. The van der Waals surface area contributed by atoms with Crippen LogP contribution in [0, 0.1) is 12.7 Å². The van der Waals surface area contributed by atoms with E-state index in [2.05, 4.69) is 4.98 Å². The number of oxazole rings is 1. The number of fused-ring (bicyclic) bond motifs is 2. The van der Waals surface area contributed by atoms with Gasteiger partial charge in [0, 0.05) is 41.4 Å². The zero-order chi connectivity index (χ0) is 31.5. The lowest BCUT2D eigenvalue weighted by molar-refractivity contribution is 0.100. The number of halogens is 1. The van der Waals surface area contributed by atoms with Crippen LogP contribution in [0.3, 0.4) is 0 Å². The van der Waals surface area contributed by atoms with E-state index in [1.807, 2.05) is 0 Å². The molecule has 0 saturated carbocycles. The Morgan fingerprint density at radius 3 is 2.34 bits per heavy atom. The largest absolute Gasteiger partial charge is 0.496 e. The van der Waals surface area contributed by atoms with Gasteiger partial charge in [-0.1, -0.05) is 6.07 Å². The number of carbonyl (C=O) groups is 1. The van der Waals surface area contributed by atoms with E-state index in [9.17, 15) is 17.6 Å². The fourth-order valence-electron chi connectivity index (χ4n) is 5.35. The summed E-state index contributed by atoms with van der Waals surface area (Å²) < 4.78 is 58.3. The van der Waals surface area contributed by atoms with Gasteiger partial charge in [0.2, 0.25) is 15.9 Å². The van der Waals surface area contributed by atoms with Gasteiger partial charge in [0.1, 0.15) is 28.4 Å². The number of rotatable bonds is 7. The number of nitrogens with zero attached hydrogens (tertiary/aromatic N) is 2. The summed E-state index contributed by atoms with van der Waals surface area (Å²) in [6, 6.07) is 17.4. The van der Waals surface area contributed by atoms with E-state index in [-0.39, 0.29) is 28.5 Å². The molecule has 1 amide bonds. The van der Waals surface area contributed by atoms with Crippen molar-refractivity contribution >= 4 is 49.4 Å². The molecule has 2 aromatic heterocycles. The molecule has 44 heavy (non-hydrogen) atoms. The summed E-state index contributed by atoms with van der Waals surface area (Å²) >= 11 is 0. The molecule has 0 aliphatic heterocycles. The Morgan fingerprint density at radius 2 is 1.68 bits per heavy atom. The van der Waals surface area contributed by atoms with Crippen molar-refractivity contribution in [3.8, 4) is 39.7 Å². The first-order valence-electron chi connectivity index (χ1n) is 13.3. The van der Waals surface area contributed by atoms with Gasteiger partial charge in [-0.2, -0.15) is 0 Å². The van der Waals surface area contributed by atoms with E-state index in [1.54, 1.807) is 49.4 Å². The number of hydrogen-bond acceptors (Lipinski definition) is 8. The van der Waals surface area contributed by atoms with Crippen LogP contribution in [0.4, 0.5) is 15.8 Å². The molecule has 10 nitrogen and oxygen atoms in total. The number of benzene rings is 4. The van der Waals surface area contributed by atoms with Crippen molar-refractivity contribution in [2.45, 2.75) is 6.92 Å². The topological polar surface area (TPSA) is 155 Å². The number of anilines is 2. The molecule has 0 fully saturated rings. The van der Waals surface area contributed by atoms with Crippen LogP contribution >= 0.6 is 0 Å². The summed E-state index contributed by atoms with van der Waals surface area (Å²) in [5, 5.41) is 0.396. The lowest BCUT2D eigenvalue weighted by Gasteiger charge is -2.23. The van der Waals surface area contributed by atoms with Gasteiger partial charge in [0.05, 0.1) is 30.2 Å². The number of nitrogen functional groups attached to an aromatic ring is 1. The van der Waals surface area contributed by atoms with Crippen LogP contribution in [0.5, 0.6) is 5.75 Å². The molecule has 0 spiro atoms. The highest BCUT2D eigenvalue weighted by molar-refractivity contribution is 7.92. The monoisotopic (exact) mass is 614 g/mol. The second kappa shape index (κ2) is 10.4. The number of amides is 1. The number of furan rings is 1. The van der Waals surface area contributed by atoms with Crippen LogP contribution in [0.25, 0.3) is 56.0 Å². The minimum atomic E-state index is -3.75. The minimum absolute atomic E-state index is 0.0872. The third-order valence-corrected chi connectivity index (χ3v) is 8.72. The van der Waals surface area contributed by atoms with Gasteiger partial charge in [-0.05, 0) is 66.6 Å². The van der Waals surface area contributed by atoms with Gasteiger partial charge in [0.25, 0.3) is 5.91 Å². The van der Waals surface area contributed by atoms with E-state index in [0.717, 1.165) is 10.6 Å². The van der Waals surface area contributed by atoms with Crippen LogP contribution in [0.1, 0.15) is 15.9 Å². The predicted molar refractivity (Wildman–Crippen MR) is 168 cm³/mol. The van der Waals surface area contributed by atoms with Crippen molar-refractivity contribution in [3.63, 3.8) is 0 Å². The number of carbonyl (C=O) groups excluding carboxylic acids is 1. The summed E-state index contributed by atoms with van der Waals surface area (Å²) in [6.45, 7) is 1.75. The normalized spacial score (nSPS) is 11.8. The number of nitrogens with two attached hydrogens (primary N) is 2. The highest BCUT2D eigenvalue weighted by Crippen LogP contribution is 2.46. The van der Waals surface area contributed by atoms with Crippen LogP contribution in [0.15, 0.2) is 75.6 Å². The summed E-state index contributed by atoms with van der Waals surface area (Å²) in [7, 11) is -0.815. The van der Waals surface area contributed by atoms with Gasteiger partial charge in [-0.15, -0.1) is 0 Å². The molecule has 12 heteroatoms. The fourth-order valence-corrected chi connectivity index (χ4v) is 5.86. The van der Waals surface area contributed by atoms with Crippen LogP contribution in [-0.4, -0.2) is 39.7 Å². The number of sulfonamides is 1.